The molecular weight excluding hydrogens is 210 g/mol. The van der Waals surface area contributed by atoms with Gasteiger partial charge in [0.25, 0.3) is 0 Å². The van der Waals surface area contributed by atoms with Gasteiger partial charge >= 0.3 is 0 Å². The van der Waals surface area contributed by atoms with Crippen LogP contribution in [0.2, 0.25) is 0 Å². The first-order chi connectivity index (χ1) is 7.15. The highest BCUT2D eigenvalue weighted by Gasteiger charge is 2.10. The first-order valence-corrected chi connectivity index (χ1v) is 5.47. The van der Waals surface area contributed by atoms with E-state index >= 15 is 0 Å². The van der Waals surface area contributed by atoms with Gasteiger partial charge in [-0.2, -0.15) is 5.26 Å². The van der Waals surface area contributed by atoms with Crippen LogP contribution in [0.4, 0.5) is 0 Å². The average Bonchev–Trinajstić information content (AvgIpc) is 2.25. The standard InChI is InChI=1S/C10H19N3OS/c1-4-13(8-9(2)7-11)10(15)12-5-6-14-3/h9H,4-6,8H2,1-3H3,(H,12,15). The van der Waals surface area contributed by atoms with Crippen LogP contribution in [0.15, 0.2) is 0 Å². The first-order valence-electron chi connectivity index (χ1n) is 5.07. The summed E-state index contributed by atoms with van der Waals surface area (Å²) >= 11 is 5.20. The third-order valence-corrected chi connectivity index (χ3v) is 2.37. The summed E-state index contributed by atoms with van der Waals surface area (Å²) in [6.45, 7) is 6.73. The van der Waals surface area contributed by atoms with Crippen LogP contribution in [-0.4, -0.2) is 43.4 Å². The molecule has 1 atom stereocenters. The quantitative estimate of drug-likeness (QED) is 0.543. The molecule has 0 spiro atoms. The van der Waals surface area contributed by atoms with Crippen LogP contribution in [0.1, 0.15) is 13.8 Å². The molecule has 4 nitrogen and oxygen atoms in total. The molecule has 0 aliphatic heterocycles. The van der Waals surface area contributed by atoms with Crippen LogP contribution in [-0.2, 0) is 4.74 Å². The lowest BCUT2D eigenvalue weighted by Gasteiger charge is -2.25. The molecule has 5 heteroatoms. The van der Waals surface area contributed by atoms with Crippen molar-refractivity contribution in [3.63, 3.8) is 0 Å². The zero-order valence-electron chi connectivity index (χ0n) is 9.62. The number of nitriles is 1. The van der Waals surface area contributed by atoms with Gasteiger partial charge in [-0.05, 0) is 26.1 Å². The Morgan fingerprint density at radius 3 is 2.80 bits per heavy atom. The summed E-state index contributed by atoms with van der Waals surface area (Å²) in [5.41, 5.74) is 0. The molecule has 86 valence electrons. The highest BCUT2D eigenvalue weighted by atomic mass is 32.1. The number of methoxy groups -OCH3 is 1. The van der Waals surface area contributed by atoms with E-state index < -0.39 is 0 Å². The normalized spacial score (nSPS) is 11.6. The topological polar surface area (TPSA) is 48.3 Å². The summed E-state index contributed by atoms with van der Waals surface area (Å²) < 4.78 is 4.91. The van der Waals surface area contributed by atoms with Gasteiger partial charge in [-0.25, -0.2) is 0 Å². The molecule has 0 fully saturated rings. The number of ether oxygens (including phenoxy) is 1. The minimum absolute atomic E-state index is 0.00729. The minimum Gasteiger partial charge on any atom is -0.383 e. The molecular formula is C10H19N3OS. The molecule has 0 radical (unpaired) electrons. The molecule has 1 N–H and O–H groups in total. The summed E-state index contributed by atoms with van der Waals surface area (Å²) in [5.74, 6) is -0.00729. The van der Waals surface area contributed by atoms with Crippen LogP contribution in [0, 0.1) is 17.2 Å². The van der Waals surface area contributed by atoms with E-state index in [9.17, 15) is 0 Å². The van der Waals surface area contributed by atoms with Crippen LogP contribution in [0.3, 0.4) is 0 Å². The van der Waals surface area contributed by atoms with Crippen molar-refractivity contribution in [2.24, 2.45) is 5.92 Å². The highest BCUT2D eigenvalue weighted by Crippen LogP contribution is 1.98. The largest absolute Gasteiger partial charge is 0.383 e. The van der Waals surface area contributed by atoms with Gasteiger partial charge in [0.1, 0.15) is 0 Å². The van der Waals surface area contributed by atoms with E-state index in [2.05, 4.69) is 11.4 Å². The van der Waals surface area contributed by atoms with Crippen LogP contribution < -0.4 is 5.32 Å². The second kappa shape index (κ2) is 8.45. The van der Waals surface area contributed by atoms with Crippen LogP contribution in [0.25, 0.3) is 0 Å². The Labute approximate surface area is 97.2 Å². The van der Waals surface area contributed by atoms with E-state index in [-0.39, 0.29) is 5.92 Å². The van der Waals surface area contributed by atoms with Gasteiger partial charge in [0, 0.05) is 26.7 Å². The minimum atomic E-state index is -0.00729. The van der Waals surface area contributed by atoms with E-state index in [1.165, 1.54) is 0 Å². The molecule has 0 saturated heterocycles. The molecule has 0 saturated carbocycles. The fourth-order valence-electron chi connectivity index (χ4n) is 1.10. The van der Waals surface area contributed by atoms with E-state index in [1.54, 1.807) is 7.11 Å². The van der Waals surface area contributed by atoms with Gasteiger partial charge in [0.2, 0.25) is 0 Å². The van der Waals surface area contributed by atoms with Crippen molar-refractivity contribution >= 4 is 17.3 Å². The van der Waals surface area contributed by atoms with Crippen molar-refractivity contribution in [3.8, 4) is 6.07 Å². The van der Waals surface area contributed by atoms with E-state index in [0.717, 1.165) is 6.54 Å². The van der Waals surface area contributed by atoms with Crippen molar-refractivity contribution in [2.75, 3.05) is 33.4 Å². The summed E-state index contributed by atoms with van der Waals surface area (Å²) in [7, 11) is 1.65. The van der Waals surface area contributed by atoms with Gasteiger partial charge in [-0.15, -0.1) is 0 Å². The van der Waals surface area contributed by atoms with Gasteiger partial charge in [-0.1, -0.05) is 0 Å². The maximum atomic E-state index is 8.71. The molecule has 0 rings (SSSR count). The predicted octanol–water partition coefficient (Wildman–Crippen LogP) is 0.989. The summed E-state index contributed by atoms with van der Waals surface area (Å²) in [6.07, 6.45) is 0. The Balaban J connectivity index is 3.94. The summed E-state index contributed by atoms with van der Waals surface area (Å²) in [4.78, 5) is 1.98. The molecule has 0 aliphatic rings. The highest BCUT2D eigenvalue weighted by molar-refractivity contribution is 7.80. The third kappa shape index (κ3) is 6.26. The Morgan fingerprint density at radius 1 is 1.67 bits per heavy atom. The lowest BCUT2D eigenvalue weighted by Crippen LogP contribution is -2.42. The van der Waals surface area contributed by atoms with Crippen LogP contribution >= 0.6 is 12.2 Å². The van der Waals surface area contributed by atoms with Crippen molar-refractivity contribution in [2.45, 2.75) is 13.8 Å². The molecule has 0 aromatic heterocycles. The van der Waals surface area contributed by atoms with Gasteiger partial charge < -0.3 is 15.0 Å². The fourth-order valence-corrected chi connectivity index (χ4v) is 1.40. The SMILES string of the molecule is CCN(CC(C)C#N)C(=S)NCCOC. The first kappa shape index (κ1) is 14.1. The van der Waals surface area contributed by atoms with E-state index in [0.29, 0.717) is 24.8 Å². The molecule has 0 aliphatic carbocycles. The maximum absolute atomic E-state index is 8.71. The number of hydrogen-bond donors (Lipinski definition) is 1. The van der Waals surface area contributed by atoms with Gasteiger partial charge in [0.05, 0.1) is 18.6 Å². The number of rotatable bonds is 6. The van der Waals surface area contributed by atoms with E-state index in [4.69, 9.17) is 22.2 Å². The predicted molar refractivity (Wildman–Crippen MR) is 64.5 cm³/mol. The zero-order chi connectivity index (χ0) is 11.7. The molecule has 0 bridgehead atoms. The average molecular weight is 229 g/mol. The zero-order valence-corrected chi connectivity index (χ0v) is 10.4. The Kier molecular flexibility index (Phi) is 7.96. The molecule has 1 unspecified atom stereocenters. The van der Waals surface area contributed by atoms with Crippen LogP contribution in [0.5, 0.6) is 0 Å². The number of nitrogens with zero attached hydrogens (tertiary/aromatic N) is 2. The Hall–Kier alpha value is -0.860. The summed E-state index contributed by atoms with van der Waals surface area (Å²) in [5, 5.41) is 12.5. The summed E-state index contributed by atoms with van der Waals surface area (Å²) in [6, 6.07) is 2.20. The second-order valence-corrected chi connectivity index (χ2v) is 3.68. The van der Waals surface area contributed by atoms with Crippen molar-refractivity contribution < 1.29 is 4.74 Å². The van der Waals surface area contributed by atoms with Gasteiger partial charge in [-0.3, -0.25) is 0 Å². The molecule has 0 amide bonds. The molecule has 15 heavy (non-hydrogen) atoms. The lowest BCUT2D eigenvalue weighted by atomic mass is 10.2. The smallest absolute Gasteiger partial charge is 0.169 e. The molecule has 0 heterocycles. The Bertz CT molecular complexity index is 227. The van der Waals surface area contributed by atoms with Crippen molar-refractivity contribution in [1.82, 2.24) is 10.2 Å². The monoisotopic (exact) mass is 229 g/mol. The lowest BCUT2D eigenvalue weighted by molar-refractivity contribution is 0.203. The Morgan fingerprint density at radius 2 is 2.33 bits per heavy atom. The van der Waals surface area contributed by atoms with Crippen molar-refractivity contribution in [1.29, 1.82) is 5.26 Å². The maximum Gasteiger partial charge on any atom is 0.169 e. The number of thiocarbonyl (C=S) groups is 1. The third-order valence-electron chi connectivity index (χ3n) is 1.97. The van der Waals surface area contributed by atoms with E-state index in [1.807, 2.05) is 18.7 Å². The van der Waals surface area contributed by atoms with Gasteiger partial charge in [0.15, 0.2) is 5.11 Å². The van der Waals surface area contributed by atoms with Crippen molar-refractivity contribution in [3.05, 3.63) is 0 Å². The fraction of sp³-hybridized carbons (Fsp3) is 0.800. The second-order valence-electron chi connectivity index (χ2n) is 3.29. The number of hydrogen-bond acceptors (Lipinski definition) is 3. The molecule has 0 aromatic carbocycles. The molecule has 0 aromatic rings. The number of nitrogens with one attached hydrogen (secondary N) is 1.